The van der Waals surface area contributed by atoms with Gasteiger partial charge in [-0.2, -0.15) is 0 Å². The van der Waals surface area contributed by atoms with Crippen molar-refractivity contribution in [3.05, 3.63) is 29.3 Å². The van der Waals surface area contributed by atoms with Crippen molar-refractivity contribution >= 4 is 15.9 Å². The van der Waals surface area contributed by atoms with E-state index in [0.29, 0.717) is 0 Å². The van der Waals surface area contributed by atoms with Crippen molar-refractivity contribution in [1.82, 2.24) is 14.5 Å². The molecule has 1 aliphatic carbocycles. The van der Waals surface area contributed by atoms with Gasteiger partial charge in [-0.3, -0.25) is 9.69 Å². The Bertz CT molecular complexity index is 736. The lowest BCUT2D eigenvalue weighted by Crippen LogP contribution is -2.49. The molecule has 1 saturated carbocycles. The molecule has 2 fully saturated rings. The van der Waals surface area contributed by atoms with E-state index in [1.54, 1.807) is 18.2 Å². The lowest BCUT2D eigenvalue weighted by molar-refractivity contribution is -0.132. The predicted molar refractivity (Wildman–Crippen MR) is 96.9 cm³/mol. The van der Waals surface area contributed by atoms with Gasteiger partial charge in [-0.05, 0) is 49.9 Å². The van der Waals surface area contributed by atoms with Gasteiger partial charge in [0.25, 0.3) is 0 Å². The second-order valence-electron chi connectivity index (χ2n) is 7.04. The highest BCUT2D eigenvalue weighted by Gasteiger charge is 2.32. The first-order valence-corrected chi connectivity index (χ1v) is 10.4. The molecule has 1 aromatic rings. The van der Waals surface area contributed by atoms with Gasteiger partial charge < -0.3 is 4.90 Å². The van der Waals surface area contributed by atoms with Crippen molar-refractivity contribution in [3.8, 4) is 0 Å². The maximum atomic E-state index is 12.3. The standard InChI is InChI=1S/C18H27N3O3S/c1-14-3-6-17(13-15(14)2)25(23,24)19-8-7-18(22)21-11-9-20(10-12-21)16-4-5-16/h3,6,13,16,19H,4-5,7-12H2,1-2H3. The quantitative estimate of drug-likeness (QED) is 0.824. The molecule has 1 N–H and O–H groups in total. The Morgan fingerprint density at radius 1 is 1.12 bits per heavy atom. The Labute approximate surface area is 150 Å². The van der Waals surface area contributed by atoms with Crippen molar-refractivity contribution in [3.63, 3.8) is 0 Å². The average Bonchev–Trinajstić information content (AvgIpc) is 3.42. The fourth-order valence-corrected chi connectivity index (χ4v) is 4.31. The third kappa shape index (κ3) is 4.59. The molecule has 1 aromatic carbocycles. The monoisotopic (exact) mass is 365 g/mol. The second-order valence-corrected chi connectivity index (χ2v) is 8.81. The van der Waals surface area contributed by atoms with Crippen molar-refractivity contribution in [2.75, 3.05) is 32.7 Å². The number of carbonyl (C=O) groups is 1. The lowest BCUT2D eigenvalue weighted by atomic mass is 10.1. The Kier molecular flexibility index (Phi) is 5.46. The normalized spacial score (nSPS) is 19.2. The fraction of sp³-hybridized carbons (Fsp3) is 0.611. The number of rotatable bonds is 6. The molecular formula is C18H27N3O3S. The summed E-state index contributed by atoms with van der Waals surface area (Å²) in [6.07, 6.45) is 2.77. The number of amides is 1. The lowest BCUT2D eigenvalue weighted by Gasteiger charge is -2.34. The van der Waals surface area contributed by atoms with Crippen molar-refractivity contribution in [2.24, 2.45) is 0 Å². The molecule has 6 nitrogen and oxygen atoms in total. The van der Waals surface area contributed by atoms with E-state index in [-0.39, 0.29) is 23.8 Å². The highest BCUT2D eigenvalue weighted by molar-refractivity contribution is 7.89. The molecule has 138 valence electrons. The number of sulfonamides is 1. The number of piperazine rings is 1. The van der Waals surface area contributed by atoms with E-state index in [4.69, 9.17) is 0 Å². The van der Waals surface area contributed by atoms with Crippen LogP contribution in [0, 0.1) is 13.8 Å². The molecule has 1 amide bonds. The van der Waals surface area contributed by atoms with Gasteiger partial charge in [0.2, 0.25) is 15.9 Å². The third-order valence-electron chi connectivity index (χ3n) is 5.15. The van der Waals surface area contributed by atoms with E-state index in [9.17, 15) is 13.2 Å². The van der Waals surface area contributed by atoms with Crippen molar-refractivity contribution in [2.45, 2.75) is 44.0 Å². The topological polar surface area (TPSA) is 69.7 Å². The molecule has 2 aliphatic rings. The minimum atomic E-state index is -3.57. The van der Waals surface area contributed by atoms with Crippen molar-refractivity contribution < 1.29 is 13.2 Å². The first kappa shape index (κ1) is 18.4. The van der Waals surface area contributed by atoms with Gasteiger partial charge in [-0.15, -0.1) is 0 Å². The first-order valence-electron chi connectivity index (χ1n) is 8.95. The van der Waals surface area contributed by atoms with Crippen LogP contribution in [0.1, 0.15) is 30.4 Å². The van der Waals surface area contributed by atoms with E-state index < -0.39 is 10.0 Å². The number of nitrogens with one attached hydrogen (secondary N) is 1. The molecular weight excluding hydrogens is 338 g/mol. The van der Waals surface area contributed by atoms with Crippen LogP contribution >= 0.6 is 0 Å². The summed E-state index contributed by atoms with van der Waals surface area (Å²) in [5, 5.41) is 0. The number of hydrogen-bond acceptors (Lipinski definition) is 4. The van der Waals surface area contributed by atoms with E-state index in [1.807, 2.05) is 18.7 Å². The van der Waals surface area contributed by atoms with Gasteiger partial charge in [-0.1, -0.05) is 6.07 Å². The summed E-state index contributed by atoms with van der Waals surface area (Å²) in [7, 11) is -3.57. The summed E-state index contributed by atoms with van der Waals surface area (Å²) < 4.78 is 27.2. The summed E-state index contributed by atoms with van der Waals surface area (Å²) in [6.45, 7) is 7.34. The summed E-state index contributed by atoms with van der Waals surface area (Å²) in [5.74, 6) is 0.0261. The Morgan fingerprint density at radius 2 is 1.80 bits per heavy atom. The summed E-state index contributed by atoms with van der Waals surface area (Å²) >= 11 is 0. The zero-order valence-electron chi connectivity index (χ0n) is 15.0. The number of benzene rings is 1. The Hall–Kier alpha value is -1.44. The molecule has 3 rings (SSSR count). The van der Waals surface area contributed by atoms with Crippen LogP contribution in [0.3, 0.4) is 0 Å². The molecule has 0 aromatic heterocycles. The minimum absolute atomic E-state index is 0.0261. The number of carbonyl (C=O) groups excluding carboxylic acids is 1. The molecule has 1 aliphatic heterocycles. The minimum Gasteiger partial charge on any atom is -0.340 e. The van der Waals surface area contributed by atoms with Crippen LogP contribution in [0.15, 0.2) is 23.1 Å². The smallest absolute Gasteiger partial charge is 0.240 e. The fourth-order valence-electron chi connectivity index (χ4n) is 3.19. The van der Waals surface area contributed by atoms with Crippen LogP contribution in [0.4, 0.5) is 0 Å². The number of nitrogens with zero attached hydrogens (tertiary/aromatic N) is 2. The van der Waals surface area contributed by atoms with Gasteiger partial charge in [0.05, 0.1) is 4.90 Å². The SMILES string of the molecule is Cc1ccc(S(=O)(=O)NCCC(=O)N2CCN(C3CC3)CC2)cc1C. The molecule has 7 heteroatoms. The average molecular weight is 365 g/mol. The maximum absolute atomic E-state index is 12.3. The molecule has 1 heterocycles. The van der Waals surface area contributed by atoms with Crippen molar-refractivity contribution in [1.29, 1.82) is 0 Å². The summed E-state index contributed by atoms with van der Waals surface area (Å²) in [4.78, 5) is 16.8. The zero-order chi connectivity index (χ0) is 18.0. The van der Waals surface area contributed by atoms with E-state index in [0.717, 1.165) is 43.3 Å². The van der Waals surface area contributed by atoms with Gasteiger partial charge in [-0.25, -0.2) is 13.1 Å². The highest BCUT2D eigenvalue weighted by Crippen LogP contribution is 2.27. The zero-order valence-corrected chi connectivity index (χ0v) is 15.8. The van der Waals surface area contributed by atoms with Crippen LogP contribution in [0.25, 0.3) is 0 Å². The molecule has 0 unspecified atom stereocenters. The van der Waals surface area contributed by atoms with Gasteiger partial charge in [0.15, 0.2) is 0 Å². The molecule has 0 spiro atoms. The van der Waals surface area contributed by atoms with E-state index in [1.165, 1.54) is 12.8 Å². The Morgan fingerprint density at radius 3 is 2.40 bits per heavy atom. The largest absolute Gasteiger partial charge is 0.340 e. The molecule has 25 heavy (non-hydrogen) atoms. The van der Waals surface area contributed by atoms with Gasteiger partial charge in [0, 0.05) is 45.2 Å². The molecule has 0 radical (unpaired) electrons. The van der Waals surface area contributed by atoms with E-state index >= 15 is 0 Å². The van der Waals surface area contributed by atoms with E-state index in [2.05, 4.69) is 9.62 Å². The number of aryl methyl sites for hydroxylation is 2. The Balaban J connectivity index is 1.46. The van der Waals surface area contributed by atoms with Crippen LogP contribution in [0.2, 0.25) is 0 Å². The molecule has 0 atom stereocenters. The maximum Gasteiger partial charge on any atom is 0.240 e. The molecule has 0 bridgehead atoms. The predicted octanol–water partition coefficient (Wildman–Crippen LogP) is 1.28. The van der Waals surface area contributed by atoms with Crippen LogP contribution in [0.5, 0.6) is 0 Å². The van der Waals surface area contributed by atoms with Gasteiger partial charge >= 0.3 is 0 Å². The van der Waals surface area contributed by atoms with Gasteiger partial charge in [0.1, 0.15) is 0 Å². The van der Waals surface area contributed by atoms with Crippen LogP contribution in [-0.4, -0.2) is 62.9 Å². The first-order chi connectivity index (χ1) is 11.9. The summed E-state index contributed by atoms with van der Waals surface area (Å²) in [5.41, 5.74) is 1.99. The molecule has 1 saturated heterocycles. The highest BCUT2D eigenvalue weighted by atomic mass is 32.2. The van der Waals surface area contributed by atoms with Crippen LogP contribution < -0.4 is 4.72 Å². The second kappa shape index (κ2) is 7.43. The third-order valence-corrected chi connectivity index (χ3v) is 6.61. The number of hydrogen-bond donors (Lipinski definition) is 1. The summed E-state index contributed by atoms with van der Waals surface area (Å²) in [6, 6.07) is 5.80. The van der Waals surface area contributed by atoms with Crippen LogP contribution in [-0.2, 0) is 14.8 Å².